The van der Waals surface area contributed by atoms with Crippen LogP contribution in [0.4, 0.5) is 0 Å². The van der Waals surface area contributed by atoms with E-state index >= 15 is 0 Å². The van der Waals surface area contributed by atoms with Crippen LogP contribution in [0.15, 0.2) is 0 Å². The molecule has 3 rings (SSSR count). The van der Waals surface area contributed by atoms with Gasteiger partial charge in [0.15, 0.2) is 0 Å². The fourth-order valence-electron chi connectivity index (χ4n) is 2.72. The number of rotatable bonds is 4. The highest BCUT2D eigenvalue weighted by molar-refractivity contribution is 7.16. The summed E-state index contributed by atoms with van der Waals surface area (Å²) in [5.41, 5.74) is 2.59. The summed E-state index contributed by atoms with van der Waals surface area (Å²) in [6.45, 7) is 10.0. The highest BCUT2D eigenvalue weighted by Crippen LogP contribution is 2.25. The molecule has 1 aliphatic rings. The topological polar surface area (TPSA) is 33.4 Å². The zero-order valence-electron chi connectivity index (χ0n) is 12.0. The Hall–Kier alpha value is -0.940. The predicted octanol–water partition coefficient (Wildman–Crippen LogP) is 2.76. The minimum atomic E-state index is 0.656. The van der Waals surface area contributed by atoms with Gasteiger partial charge in [-0.05, 0) is 18.9 Å². The number of hydrogen-bond donors (Lipinski definition) is 0. The Bertz CT molecular complexity index is 569. The monoisotopic (exact) mass is 278 g/mol. The van der Waals surface area contributed by atoms with Gasteiger partial charge in [0.2, 0.25) is 4.96 Å². The summed E-state index contributed by atoms with van der Waals surface area (Å²) >= 11 is 1.76. The van der Waals surface area contributed by atoms with Crippen LogP contribution in [0.25, 0.3) is 4.96 Å². The van der Waals surface area contributed by atoms with Crippen LogP contribution in [-0.4, -0.2) is 32.6 Å². The summed E-state index contributed by atoms with van der Waals surface area (Å²) in [5, 5.41) is 5.98. The van der Waals surface area contributed by atoms with Gasteiger partial charge in [0.1, 0.15) is 5.01 Å². The van der Waals surface area contributed by atoms with Gasteiger partial charge in [0, 0.05) is 25.9 Å². The Kier molecular flexibility index (Phi) is 3.58. The molecule has 0 saturated heterocycles. The first-order valence-electron chi connectivity index (χ1n) is 7.26. The van der Waals surface area contributed by atoms with E-state index in [1.807, 2.05) is 0 Å². The Balaban J connectivity index is 1.90. The second-order valence-corrected chi connectivity index (χ2v) is 6.86. The molecule has 0 fully saturated rings. The Morgan fingerprint density at radius 1 is 1.37 bits per heavy atom. The van der Waals surface area contributed by atoms with Gasteiger partial charge >= 0.3 is 0 Å². The largest absolute Gasteiger partial charge is 0.297 e. The third-order valence-electron chi connectivity index (χ3n) is 3.58. The van der Waals surface area contributed by atoms with Crippen molar-refractivity contribution in [3.63, 3.8) is 0 Å². The smallest absolute Gasteiger partial charge is 0.212 e. The van der Waals surface area contributed by atoms with Crippen molar-refractivity contribution in [2.45, 2.75) is 46.6 Å². The van der Waals surface area contributed by atoms with Crippen LogP contribution in [-0.2, 0) is 19.4 Å². The average Bonchev–Trinajstić information content (AvgIpc) is 2.86. The molecule has 0 aromatic carbocycles. The van der Waals surface area contributed by atoms with E-state index in [0.717, 1.165) is 30.9 Å². The zero-order valence-corrected chi connectivity index (χ0v) is 12.8. The van der Waals surface area contributed by atoms with E-state index < -0.39 is 0 Å². The number of hydrogen-bond acceptors (Lipinski definition) is 4. The van der Waals surface area contributed by atoms with Gasteiger partial charge in [0.05, 0.1) is 11.4 Å². The Morgan fingerprint density at radius 3 is 2.95 bits per heavy atom. The second kappa shape index (κ2) is 5.21. The van der Waals surface area contributed by atoms with E-state index in [9.17, 15) is 0 Å². The molecule has 0 unspecified atom stereocenters. The van der Waals surface area contributed by atoms with Gasteiger partial charge in [-0.3, -0.25) is 4.90 Å². The molecule has 0 atom stereocenters. The third kappa shape index (κ3) is 2.54. The summed E-state index contributed by atoms with van der Waals surface area (Å²) in [5.74, 6) is 0.656. The van der Waals surface area contributed by atoms with Crippen LogP contribution in [0.3, 0.4) is 0 Å². The Morgan fingerprint density at radius 2 is 2.21 bits per heavy atom. The first kappa shape index (κ1) is 13.1. The number of nitrogens with zero attached hydrogens (tertiary/aromatic N) is 4. The first-order valence-corrected chi connectivity index (χ1v) is 8.07. The molecule has 19 heavy (non-hydrogen) atoms. The highest BCUT2D eigenvalue weighted by Gasteiger charge is 2.23. The van der Waals surface area contributed by atoms with Gasteiger partial charge in [-0.25, -0.2) is 9.50 Å². The molecule has 3 heterocycles. The molecule has 0 aliphatic carbocycles. The van der Waals surface area contributed by atoms with Crippen LogP contribution in [0.1, 0.15) is 43.6 Å². The van der Waals surface area contributed by atoms with E-state index in [-0.39, 0.29) is 0 Å². The summed E-state index contributed by atoms with van der Waals surface area (Å²) < 4.78 is 2.10. The second-order valence-electron chi connectivity index (χ2n) is 5.82. The van der Waals surface area contributed by atoms with Crippen LogP contribution in [0, 0.1) is 5.92 Å². The maximum atomic E-state index is 4.77. The summed E-state index contributed by atoms with van der Waals surface area (Å²) in [6.07, 6.45) is 3.35. The predicted molar refractivity (Wildman–Crippen MR) is 78.7 cm³/mol. The van der Waals surface area contributed by atoms with Crippen molar-refractivity contribution >= 4 is 16.3 Å². The number of fused-ring (bicyclic) bond motifs is 3. The summed E-state index contributed by atoms with van der Waals surface area (Å²) in [7, 11) is 0. The quantitative estimate of drug-likeness (QED) is 0.862. The lowest BCUT2D eigenvalue weighted by Gasteiger charge is -2.25. The van der Waals surface area contributed by atoms with Crippen molar-refractivity contribution in [2.24, 2.45) is 5.92 Å². The molecule has 2 aromatic rings. The Labute approximate surface area is 118 Å². The molecule has 0 saturated carbocycles. The standard InChI is InChI=1S/C14H22N4S/c1-4-6-17-7-5-11-12(9-17)18-14(15-11)19-13(16-18)8-10(2)3/h10H,4-9H2,1-3H3. The molecule has 2 aromatic heterocycles. The molecule has 5 heteroatoms. The van der Waals surface area contributed by atoms with E-state index in [4.69, 9.17) is 10.1 Å². The molecule has 0 amide bonds. The molecule has 0 spiro atoms. The van der Waals surface area contributed by atoms with Crippen molar-refractivity contribution in [3.8, 4) is 0 Å². The van der Waals surface area contributed by atoms with Gasteiger partial charge in [-0.15, -0.1) is 0 Å². The SMILES string of the molecule is CCCN1CCc2nc3sc(CC(C)C)nn3c2C1. The van der Waals surface area contributed by atoms with Crippen LogP contribution in [0.5, 0.6) is 0 Å². The van der Waals surface area contributed by atoms with Crippen LogP contribution in [0.2, 0.25) is 0 Å². The minimum Gasteiger partial charge on any atom is -0.297 e. The van der Waals surface area contributed by atoms with E-state index in [1.54, 1.807) is 11.3 Å². The fraction of sp³-hybridized carbons (Fsp3) is 0.714. The molecule has 1 aliphatic heterocycles. The molecule has 0 N–H and O–H groups in total. The zero-order chi connectivity index (χ0) is 13.4. The maximum absolute atomic E-state index is 4.77. The van der Waals surface area contributed by atoms with E-state index in [0.29, 0.717) is 5.92 Å². The third-order valence-corrected chi connectivity index (χ3v) is 4.51. The average molecular weight is 278 g/mol. The summed E-state index contributed by atoms with van der Waals surface area (Å²) in [4.78, 5) is 8.36. The molecular formula is C14H22N4S. The lowest BCUT2D eigenvalue weighted by molar-refractivity contribution is 0.248. The van der Waals surface area contributed by atoms with E-state index in [2.05, 4.69) is 30.2 Å². The van der Waals surface area contributed by atoms with Gasteiger partial charge in [-0.2, -0.15) is 5.10 Å². The lowest BCUT2D eigenvalue weighted by atomic mass is 10.1. The van der Waals surface area contributed by atoms with E-state index in [1.165, 1.54) is 29.4 Å². The number of imidazole rings is 1. The van der Waals surface area contributed by atoms with Crippen LogP contribution < -0.4 is 0 Å². The van der Waals surface area contributed by atoms with Gasteiger partial charge < -0.3 is 0 Å². The molecule has 0 bridgehead atoms. The normalized spacial score (nSPS) is 16.4. The molecule has 4 nitrogen and oxygen atoms in total. The van der Waals surface area contributed by atoms with Crippen molar-refractivity contribution in [3.05, 3.63) is 16.4 Å². The van der Waals surface area contributed by atoms with Crippen molar-refractivity contribution in [1.29, 1.82) is 0 Å². The first-order chi connectivity index (χ1) is 9.17. The molecule has 0 radical (unpaired) electrons. The minimum absolute atomic E-state index is 0.656. The maximum Gasteiger partial charge on any atom is 0.212 e. The van der Waals surface area contributed by atoms with Crippen molar-refractivity contribution in [1.82, 2.24) is 19.5 Å². The van der Waals surface area contributed by atoms with Gasteiger partial charge in [0.25, 0.3) is 0 Å². The van der Waals surface area contributed by atoms with Crippen molar-refractivity contribution < 1.29 is 0 Å². The number of aromatic nitrogens is 3. The highest BCUT2D eigenvalue weighted by atomic mass is 32.1. The lowest BCUT2D eigenvalue weighted by Crippen LogP contribution is -2.31. The fourth-order valence-corrected chi connectivity index (χ4v) is 3.87. The van der Waals surface area contributed by atoms with Crippen LogP contribution >= 0.6 is 11.3 Å². The van der Waals surface area contributed by atoms with Crippen molar-refractivity contribution in [2.75, 3.05) is 13.1 Å². The summed E-state index contributed by atoms with van der Waals surface area (Å²) in [6, 6.07) is 0. The molecule has 104 valence electrons. The molecular weight excluding hydrogens is 256 g/mol. The van der Waals surface area contributed by atoms with Gasteiger partial charge in [-0.1, -0.05) is 32.1 Å².